The SMILES string of the molecule is C=CC1C[N@+]2(Cc3ccccc3)CCC1C[C@H]2[C@H](OCc1ccccc1)c1ccnc2ccccc12.[Br-]. The average Bonchev–Trinajstić information content (AvgIpc) is 2.94. The highest BCUT2D eigenvalue weighted by Crippen LogP contribution is 2.49. The van der Waals surface area contributed by atoms with Gasteiger partial charge in [0.25, 0.3) is 0 Å². The summed E-state index contributed by atoms with van der Waals surface area (Å²) in [5.41, 5.74) is 4.94. The van der Waals surface area contributed by atoms with Crippen molar-refractivity contribution in [3.63, 3.8) is 0 Å². The lowest BCUT2D eigenvalue weighted by atomic mass is 9.71. The Morgan fingerprint density at radius 1 is 0.919 bits per heavy atom. The average molecular weight is 556 g/mol. The van der Waals surface area contributed by atoms with Crippen LogP contribution in [0.4, 0.5) is 0 Å². The van der Waals surface area contributed by atoms with E-state index in [9.17, 15) is 0 Å². The smallest absolute Gasteiger partial charge is 0.135 e. The Bertz CT molecular complexity index is 1320. The lowest BCUT2D eigenvalue weighted by Gasteiger charge is -2.58. The molecule has 1 aromatic heterocycles. The molecule has 37 heavy (non-hydrogen) atoms. The third kappa shape index (κ3) is 5.16. The van der Waals surface area contributed by atoms with Gasteiger partial charge in [0.05, 0.1) is 25.2 Å². The van der Waals surface area contributed by atoms with E-state index in [0.29, 0.717) is 24.5 Å². The van der Waals surface area contributed by atoms with E-state index in [1.54, 1.807) is 0 Å². The maximum absolute atomic E-state index is 6.98. The zero-order valence-corrected chi connectivity index (χ0v) is 22.8. The third-order valence-corrected chi connectivity index (χ3v) is 8.63. The van der Waals surface area contributed by atoms with Gasteiger partial charge in [0, 0.05) is 35.9 Å². The highest BCUT2D eigenvalue weighted by molar-refractivity contribution is 5.82. The van der Waals surface area contributed by atoms with E-state index in [-0.39, 0.29) is 23.1 Å². The second-order valence-electron chi connectivity index (χ2n) is 10.7. The quantitative estimate of drug-likeness (QED) is 0.241. The summed E-state index contributed by atoms with van der Waals surface area (Å²) in [6.07, 6.45) is 6.61. The first-order chi connectivity index (χ1) is 17.8. The summed E-state index contributed by atoms with van der Waals surface area (Å²) in [5.74, 6) is 1.25. The molecule has 0 spiro atoms. The Labute approximate surface area is 231 Å². The van der Waals surface area contributed by atoms with Gasteiger partial charge >= 0.3 is 0 Å². The van der Waals surface area contributed by atoms with Gasteiger partial charge in [-0.1, -0.05) is 84.9 Å². The number of halogens is 1. The van der Waals surface area contributed by atoms with Crippen molar-refractivity contribution in [2.75, 3.05) is 13.1 Å². The van der Waals surface area contributed by atoms with Crippen LogP contribution in [0.15, 0.2) is 110 Å². The number of aromatic nitrogens is 1. The molecule has 0 N–H and O–H groups in total. The Morgan fingerprint density at radius 2 is 1.62 bits per heavy atom. The number of quaternary nitrogens is 1. The van der Waals surface area contributed by atoms with Gasteiger partial charge < -0.3 is 26.2 Å². The summed E-state index contributed by atoms with van der Waals surface area (Å²) in [6.45, 7) is 8.22. The molecule has 7 rings (SSSR count). The van der Waals surface area contributed by atoms with Crippen LogP contribution in [-0.4, -0.2) is 28.6 Å². The van der Waals surface area contributed by atoms with Crippen molar-refractivity contribution in [3.8, 4) is 0 Å². The van der Waals surface area contributed by atoms with Crippen LogP contribution in [0.3, 0.4) is 0 Å². The van der Waals surface area contributed by atoms with Crippen LogP contribution in [0.5, 0.6) is 0 Å². The Hall–Kier alpha value is -2.79. The topological polar surface area (TPSA) is 22.1 Å². The molecule has 2 unspecified atom stereocenters. The largest absolute Gasteiger partial charge is 1.00 e. The van der Waals surface area contributed by atoms with E-state index in [2.05, 4.69) is 109 Å². The van der Waals surface area contributed by atoms with Crippen LogP contribution < -0.4 is 17.0 Å². The number of rotatable bonds is 8. The number of pyridine rings is 1. The number of hydrogen-bond acceptors (Lipinski definition) is 2. The van der Waals surface area contributed by atoms with E-state index in [4.69, 9.17) is 4.74 Å². The van der Waals surface area contributed by atoms with Crippen molar-refractivity contribution in [2.45, 2.75) is 38.1 Å². The van der Waals surface area contributed by atoms with Gasteiger partial charge in [0.15, 0.2) is 0 Å². The molecule has 4 heterocycles. The molecular weight excluding hydrogens is 520 g/mol. The van der Waals surface area contributed by atoms with E-state index in [0.717, 1.165) is 23.1 Å². The van der Waals surface area contributed by atoms with E-state index in [1.165, 1.54) is 41.5 Å². The molecule has 4 aromatic rings. The summed E-state index contributed by atoms with van der Waals surface area (Å²) < 4.78 is 8.04. The van der Waals surface area contributed by atoms with Gasteiger partial charge in [-0.05, 0) is 29.2 Å². The molecule has 2 bridgehead atoms. The molecule has 0 radical (unpaired) electrons. The van der Waals surface area contributed by atoms with Crippen molar-refractivity contribution in [1.82, 2.24) is 4.98 Å². The zero-order chi connectivity index (χ0) is 24.4. The minimum Gasteiger partial charge on any atom is -1.00 e. The van der Waals surface area contributed by atoms with Crippen molar-refractivity contribution in [3.05, 3.63) is 127 Å². The molecule has 190 valence electrons. The van der Waals surface area contributed by atoms with Crippen LogP contribution in [0.1, 0.15) is 35.6 Å². The first-order valence-corrected chi connectivity index (χ1v) is 13.3. The van der Waals surface area contributed by atoms with Gasteiger partial charge in [-0.25, -0.2) is 0 Å². The minimum atomic E-state index is -0.00427. The van der Waals surface area contributed by atoms with Crippen molar-refractivity contribution in [2.24, 2.45) is 11.8 Å². The number of nitrogens with zero attached hydrogens (tertiary/aromatic N) is 2. The summed E-state index contributed by atoms with van der Waals surface area (Å²) in [7, 11) is 0. The Morgan fingerprint density at radius 3 is 2.38 bits per heavy atom. The molecule has 0 saturated carbocycles. The number of fused-ring (bicyclic) bond motifs is 4. The maximum atomic E-state index is 6.98. The first-order valence-electron chi connectivity index (χ1n) is 13.3. The third-order valence-electron chi connectivity index (χ3n) is 8.63. The molecule has 3 aromatic carbocycles. The molecule has 3 saturated heterocycles. The highest BCUT2D eigenvalue weighted by atomic mass is 79.9. The lowest BCUT2D eigenvalue weighted by molar-refractivity contribution is -0.985. The monoisotopic (exact) mass is 554 g/mol. The fraction of sp³-hybridized carbons (Fsp3) is 0.303. The second-order valence-corrected chi connectivity index (χ2v) is 10.7. The predicted octanol–water partition coefficient (Wildman–Crippen LogP) is 4.11. The van der Waals surface area contributed by atoms with Crippen LogP contribution in [0, 0.1) is 11.8 Å². The van der Waals surface area contributed by atoms with Gasteiger partial charge in [0.1, 0.15) is 18.7 Å². The number of para-hydroxylation sites is 1. The number of ether oxygens (including phenoxy) is 1. The van der Waals surface area contributed by atoms with Gasteiger partial charge in [-0.15, -0.1) is 6.58 Å². The Kier molecular flexibility index (Phi) is 7.89. The van der Waals surface area contributed by atoms with E-state index < -0.39 is 0 Å². The highest BCUT2D eigenvalue weighted by Gasteiger charge is 2.54. The lowest BCUT2D eigenvalue weighted by Crippen LogP contribution is -3.00. The van der Waals surface area contributed by atoms with Crippen molar-refractivity contribution >= 4 is 10.9 Å². The molecule has 3 nitrogen and oxygen atoms in total. The van der Waals surface area contributed by atoms with Gasteiger partial charge in [-0.3, -0.25) is 4.98 Å². The van der Waals surface area contributed by atoms with Gasteiger partial charge in [0.2, 0.25) is 0 Å². The second kappa shape index (κ2) is 11.3. The molecule has 3 aliphatic rings. The molecule has 0 amide bonds. The van der Waals surface area contributed by atoms with E-state index >= 15 is 0 Å². The van der Waals surface area contributed by atoms with E-state index in [1.807, 2.05) is 6.20 Å². The minimum absolute atomic E-state index is 0. The van der Waals surface area contributed by atoms with Crippen LogP contribution in [0.25, 0.3) is 10.9 Å². The first kappa shape index (κ1) is 25.8. The number of benzene rings is 3. The fourth-order valence-corrected chi connectivity index (χ4v) is 6.85. The van der Waals surface area contributed by atoms with Crippen molar-refractivity contribution in [1.29, 1.82) is 0 Å². The zero-order valence-electron chi connectivity index (χ0n) is 21.3. The van der Waals surface area contributed by atoms with Crippen LogP contribution in [0.2, 0.25) is 0 Å². The standard InChI is InChI=1S/C33H35N2O.BrH/c1-2-27-23-35(22-25-11-5-3-6-12-25)20-18-28(27)21-32(35)33(36-24-26-13-7-4-8-14-26)30-17-19-34-31-16-10-9-15-29(30)31;/h2-17,19,27-28,32-33H,1,18,20-24H2;1H/q+1;/p-1/t27?,28?,32-,33+,35+;/m0./s1. The molecule has 5 atom stereocenters. The molecular formula is C33H35BrN2O. The molecule has 0 aliphatic carbocycles. The van der Waals surface area contributed by atoms with Gasteiger partial charge in [-0.2, -0.15) is 0 Å². The van der Waals surface area contributed by atoms with Crippen LogP contribution >= 0.6 is 0 Å². The number of hydrogen-bond donors (Lipinski definition) is 0. The molecule has 3 fully saturated rings. The maximum Gasteiger partial charge on any atom is 0.135 e. The summed E-state index contributed by atoms with van der Waals surface area (Å²) in [6, 6.07) is 32.7. The molecule has 4 heteroatoms. The molecule has 3 aliphatic heterocycles. The summed E-state index contributed by atoms with van der Waals surface area (Å²) in [5, 5.41) is 1.21. The van der Waals surface area contributed by atoms with Crippen LogP contribution in [-0.2, 0) is 17.9 Å². The normalized spacial score (nSPS) is 25.4. The Balaban J connectivity index is 0.00000280. The van der Waals surface area contributed by atoms with Crippen molar-refractivity contribution < 1.29 is 26.2 Å². The number of piperidine rings is 3. The predicted molar refractivity (Wildman–Crippen MR) is 146 cm³/mol. The summed E-state index contributed by atoms with van der Waals surface area (Å²) >= 11 is 0. The summed E-state index contributed by atoms with van der Waals surface area (Å²) in [4.78, 5) is 4.67. The fourth-order valence-electron chi connectivity index (χ4n) is 6.85.